The van der Waals surface area contributed by atoms with Crippen molar-refractivity contribution in [3.8, 4) is 0 Å². The number of aliphatic hydroxyl groups excluding tert-OH is 1. The summed E-state index contributed by atoms with van der Waals surface area (Å²) in [4.78, 5) is 17.1. The molecule has 0 bridgehead atoms. The first kappa shape index (κ1) is 13.4. The van der Waals surface area contributed by atoms with Crippen molar-refractivity contribution >= 4 is 11.7 Å². The largest absolute Gasteiger partial charge is 0.395 e. The van der Waals surface area contributed by atoms with E-state index < -0.39 is 11.7 Å². The van der Waals surface area contributed by atoms with Crippen molar-refractivity contribution in [3.05, 3.63) is 23.6 Å². The Hall–Kier alpha value is -1.69. The van der Waals surface area contributed by atoms with Crippen LogP contribution in [0.2, 0.25) is 0 Å². The van der Waals surface area contributed by atoms with E-state index in [1.165, 1.54) is 4.90 Å². The van der Waals surface area contributed by atoms with Gasteiger partial charge in [0.15, 0.2) is 0 Å². The maximum absolute atomic E-state index is 13.0. The fourth-order valence-corrected chi connectivity index (χ4v) is 1.48. The van der Waals surface area contributed by atoms with E-state index in [1.807, 2.05) is 0 Å². The maximum Gasteiger partial charge on any atom is 0.258 e. The lowest BCUT2D eigenvalue weighted by molar-refractivity contribution is 0.0665. The molecule has 0 aromatic carbocycles. The number of amides is 1. The molecular formula is C11H16FN3O2. The summed E-state index contributed by atoms with van der Waals surface area (Å²) in [6.45, 7) is 3.62. The van der Waals surface area contributed by atoms with E-state index in [-0.39, 0.29) is 30.6 Å². The molecule has 0 saturated carbocycles. The first-order valence-corrected chi connectivity index (χ1v) is 5.30. The highest BCUT2D eigenvalue weighted by Gasteiger charge is 2.21. The summed E-state index contributed by atoms with van der Waals surface area (Å²) >= 11 is 0. The van der Waals surface area contributed by atoms with Crippen LogP contribution in [0.15, 0.2) is 12.3 Å². The molecule has 0 unspecified atom stereocenters. The van der Waals surface area contributed by atoms with Gasteiger partial charge in [-0.2, -0.15) is 0 Å². The van der Waals surface area contributed by atoms with Gasteiger partial charge in [-0.3, -0.25) is 4.79 Å². The highest BCUT2D eigenvalue weighted by molar-refractivity contribution is 5.98. The van der Waals surface area contributed by atoms with E-state index >= 15 is 0 Å². The van der Waals surface area contributed by atoms with Gasteiger partial charge in [0.1, 0.15) is 11.6 Å². The quantitative estimate of drug-likeness (QED) is 0.811. The Bertz CT molecular complexity index is 410. The second kappa shape index (κ2) is 5.58. The van der Waals surface area contributed by atoms with Gasteiger partial charge in [-0.05, 0) is 19.9 Å². The molecule has 17 heavy (non-hydrogen) atoms. The molecule has 0 fully saturated rings. The van der Waals surface area contributed by atoms with E-state index in [2.05, 4.69) is 4.98 Å². The molecule has 0 radical (unpaired) electrons. The van der Waals surface area contributed by atoms with Crippen molar-refractivity contribution in [2.45, 2.75) is 19.9 Å². The zero-order valence-corrected chi connectivity index (χ0v) is 9.85. The number of pyridine rings is 1. The smallest absolute Gasteiger partial charge is 0.258 e. The Labute approximate surface area is 99.1 Å². The Morgan fingerprint density at radius 1 is 1.65 bits per heavy atom. The molecule has 1 heterocycles. The molecule has 3 N–H and O–H groups in total. The fourth-order valence-electron chi connectivity index (χ4n) is 1.48. The molecule has 1 aromatic heterocycles. The molecule has 5 nitrogen and oxygen atoms in total. The third-order valence-electron chi connectivity index (χ3n) is 2.34. The van der Waals surface area contributed by atoms with Crippen LogP contribution in [-0.4, -0.2) is 40.1 Å². The molecule has 1 rings (SSSR count). The number of aliphatic hydroxyl groups is 1. The molecule has 1 aromatic rings. The van der Waals surface area contributed by atoms with Gasteiger partial charge in [0, 0.05) is 12.6 Å². The van der Waals surface area contributed by atoms with Crippen LogP contribution in [0, 0.1) is 5.82 Å². The molecule has 6 heteroatoms. The van der Waals surface area contributed by atoms with E-state index in [0.717, 1.165) is 12.3 Å². The third-order valence-corrected chi connectivity index (χ3v) is 2.34. The van der Waals surface area contributed by atoms with Crippen LogP contribution in [0.5, 0.6) is 0 Å². The van der Waals surface area contributed by atoms with Gasteiger partial charge in [-0.15, -0.1) is 0 Å². The number of anilines is 1. The number of rotatable bonds is 4. The molecule has 1 amide bonds. The molecule has 94 valence electrons. The summed E-state index contributed by atoms with van der Waals surface area (Å²) in [5.41, 5.74) is 5.56. The summed E-state index contributed by atoms with van der Waals surface area (Å²) in [6, 6.07) is 0.939. The van der Waals surface area contributed by atoms with E-state index in [1.54, 1.807) is 13.8 Å². The molecule has 0 saturated heterocycles. The van der Waals surface area contributed by atoms with Crippen LogP contribution in [-0.2, 0) is 0 Å². The molecular weight excluding hydrogens is 225 g/mol. The van der Waals surface area contributed by atoms with Gasteiger partial charge in [-0.25, -0.2) is 9.37 Å². The van der Waals surface area contributed by atoms with Gasteiger partial charge in [0.2, 0.25) is 0 Å². The van der Waals surface area contributed by atoms with E-state index in [4.69, 9.17) is 10.8 Å². The summed E-state index contributed by atoms with van der Waals surface area (Å²) < 4.78 is 13.0. The van der Waals surface area contributed by atoms with Gasteiger partial charge >= 0.3 is 0 Å². The van der Waals surface area contributed by atoms with Crippen LogP contribution >= 0.6 is 0 Å². The molecule has 0 spiro atoms. The minimum absolute atomic E-state index is 0.0139. The number of hydrogen-bond acceptors (Lipinski definition) is 4. The standard InChI is InChI=1S/C11H16FN3O2/c1-7(2)15(3-4-16)11(17)9-5-8(12)6-14-10(9)13/h5-7,16H,3-4H2,1-2H3,(H2,13,14). The number of halogens is 1. The number of nitrogens with zero attached hydrogens (tertiary/aromatic N) is 2. The fraction of sp³-hybridized carbons (Fsp3) is 0.455. The van der Waals surface area contributed by atoms with Crippen molar-refractivity contribution in [1.82, 2.24) is 9.88 Å². The van der Waals surface area contributed by atoms with Gasteiger partial charge in [0.05, 0.1) is 18.4 Å². The Morgan fingerprint density at radius 2 is 2.29 bits per heavy atom. The number of carbonyl (C=O) groups excluding carboxylic acids is 1. The Morgan fingerprint density at radius 3 is 2.82 bits per heavy atom. The molecule has 0 atom stereocenters. The van der Waals surface area contributed by atoms with Gasteiger partial charge in [0.25, 0.3) is 5.91 Å². The summed E-state index contributed by atoms with van der Waals surface area (Å²) in [6.07, 6.45) is 0.956. The maximum atomic E-state index is 13.0. The predicted octanol–water partition coefficient (Wildman–Crippen LogP) is 0.646. The van der Waals surface area contributed by atoms with Crippen molar-refractivity contribution in [3.63, 3.8) is 0 Å². The number of aromatic nitrogens is 1. The lowest BCUT2D eigenvalue weighted by Gasteiger charge is -2.26. The normalized spacial score (nSPS) is 10.6. The third kappa shape index (κ3) is 3.13. The highest BCUT2D eigenvalue weighted by atomic mass is 19.1. The van der Waals surface area contributed by atoms with E-state index in [9.17, 15) is 9.18 Å². The summed E-state index contributed by atoms with van der Waals surface area (Å²) in [5, 5.41) is 8.89. The van der Waals surface area contributed by atoms with Crippen molar-refractivity contribution in [2.24, 2.45) is 0 Å². The molecule has 0 aliphatic carbocycles. The van der Waals surface area contributed by atoms with Crippen molar-refractivity contribution in [1.29, 1.82) is 0 Å². The monoisotopic (exact) mass is 241 g/mol. The lowest BCUT2D eigenvalue weighted by atomic mass is 10.2. The van der Waals surface area contributed by atoms with Crippen molar-refractivity contribution < 1.29 is 14.3 Å². The Kier molecular flexibility index (Phi) is 4.39. The first-order valence-electron chi connectivity index (χ1n) is 5.30. The minimum atomic E-state index is -0.616. The minimum Gasteiger partial charge on any atom is -0.395 e. The number of hydrogen-bond donors (Lipinski definition) is 2. The summed E-state index contributed by atoms with van der Waals surface area (Å²) in [7, 11) is 0. The predicted molar refractivity (Wildman–Crippen MR) is 61.9 cm³/mol. The molecule has 0 aliphatic rings. The zero-order chi connectivity index (χ0) is 13.0. The van der Waals surface area contributed by atoms with Gasteiger partial charge in [-0.1, -0.05) is 0 Å². The second-order valence-corrected chi connectivity index (χ2v) is 3.90. The number of carbonyl (C=O) groups is 1. The molecule has 0 aliphatic heterocycles. The lowest BCUT2D eigenvalue weighted by Crippen LogP contribution is -2.39. The van der Waals surface area contributed by atoms with Gasteiger partial charge < -0.3 is 15.7 Å². The summed E-state index contributed by atoms with van der Waals surface area (Å²) in [5.74, 6) is -1.06. The van der Waals surface area contributed by atoms with Crippen LogP contribution in [0.1, 0.15) is 24.2 Å². The topological polar surface area (TPSA) is 79.5 Å². The zero-order valence-electron chi connectivity index (χ0n) is 9.85. The van der Waals surface area contributed by atoms with E-state index in [0.29, 0.717) is 0 Å². The van der Waals surface area contributed by atoms with Crippen LogP contribution < -0.4 is 5.73 Å². The van der Waals surface area contributed by atoms with Crippen LogP contribution in [0.25, 0.3) is 0 Å². The average Bonchev–Trinajstić information content (AvgIpc) is 2.28. The highest BCUT2D eigenvalue weighted by Crippen LogP contribution is 2.14. The van der Waals surface area contributed by atoms with Crippen molar-refractivity contribution in [2.75, 3.05) is 18.9 Å². The number of nitrogen functional groups attached to an aromatic ring is 1. The second-order valence-electron chi connectivity index (χ2n) is 3.90. The van der Waals surface area contributed by atoms with Crippen LogP contribution in [0.4, 0.5) is 10.2 Å². The number of nitrogens with two attached hydrogens (primary N) is 1. The average molecular weight is 241 g/mol. The Balaban J connectivity index is 3.04. The first-order chi connectivity index (χ1) is 7.97. The van der Waals surface area contributed by atoms with Crippen LogP contribution in [0.3, 0.4) is 0 Å². The SMILES string of the molecule is CC(C)N(CCO)C(=O)c1cc(F)cnc1N.